The van der Waals surface area contributed by atoms with Crippen LogP contribution >= 0.6 is 11.6 Å². The third-order valence-corrected chi connectivity index (χ3v) is 7.10. The molecule has 188 valence electrons. The molecule has 1 aliphatic heterocycles. The third kappa shape index (κ3) is 4.75. The van der Waals surface area contributed by atoms with E-state index in [1.807, 2.05) is 24.4 Å². The van der Waals surface area contributed by atoms with Crippen molar-refractivity contribution in [1.82, 2.24) is 15.3 Å². The van der Waals surface area contributed by atoms with Crippen LogP contribution in [0.15, 0.2) is 73.4 Å². The van der Waals surface area contributed by atoms with Crippen LogP contribution in [0, 0.1) is 5.82 Å². The minimum absolute atomic E-state index is 0.0607. The number of ketones is 1. The summed E-state index contributed by atoms with van der Waals surface area (Å²) in [6, 6.07) is 16.1. The molecular weight excluding hydrogens is 487 g/mol. The molecule has 0 amide bonds. The highest BCUT2D eigenvalue weighted by molar-refractivity contribution is 6.34. The average Bonchev–Trinajstić information content (AvgIpc) is 2.92. The SMILES string of the molecule is C=CC(=O)C1CN(c2ncc(-c3ccccc3C(C)C)c3nc(-c4ccccc4F)c(Cl)cc23)CCN1. The maximum Gasteiger partial charge on any atom is 0.173 e. The summed E-state index contributed by atoms with van der Waals surface area (Å²) < 4.78 is 14.8. The Hall–Kier alpha value is -3.61. The van der Waals surface area contributed by atoms with Crippen LogP contribution in [-0.4, -0.2) is 41.4 Å². The van der Waals surface area contributed by atoms with E-state index >= 15 is 0 Å². The first-order valence-corrected chi connectivity index (χ1v) is 12.7. The quantitative estimate of drug-likeness (QED) is 0.301. The summed E-state index contributed by atoms with van der Waals surface area (Å²) in [6.45, 7) is 9.66. The van der Waals surface area contributed by atoms with E-state index in [9.17, 15) is 9.18 Å². The van der Waals surface area contributed by atoms with Gasteiger partial charge in [-0.25, -0.2) is 14.4 Å². The van der Waals surface area contributed by atoms with E-state index in [-0.39, 0.29) is 23.6 Å². The van der Waals surface area contributed by atoms with Gasteiger partial charge in [-0.3, -0.25) is 4.79 Å². The van der Waals surface area contributed by atoms with Crippen molar-refractivity contribution in [3.8, 4) is 22.4 Å². The van der Waals surface area contributed by atoms with Crippen molar-refractivity contribution in [1.29, 1.82) is 0 Å². The van der Waals surface area contributed by atoms with Gasteiger partial charge in [-0.05, 0) is 41.3 Å². The maximum absolute atomic E-state index is 14.8. The molecule has 0 spiro atoms. The smallest absolute Gasteiger partial charge is 0.173 e. The van der Waals surface area contributed by atoms with Crippen molar-refractivity contribution < 1.29 is 9.18 Å². The predicted octanol–water partition coefficient (Wildman–Crippen LogP) is 6.41. The van der Waals surface area contributed by atoms with E-state index in [0.717, 1.165) is 16.5 Å². The summed E-state index contributed by atoms with van der Waals surface area (Å²) in [4.78, 5) is 24.3. The second-order valence-corrected chi connectivity index (χ2v) is 9.90. The number of aromatic nitrogens is 2. The number of fused-ring (bicyclic) bond motifs is 1. The van der Waals surface area contributed by atoms with Crippen molar-refractivity contribution in [2.45, 2.75) is 25.8 Å². The molecule has 0 saturated carbocycles. The summed E-state index contributed by atoms with van der Waals surface area (Å²) in [6.07, 6.45) is 3.18. The number of nitrogens with zero attached hydrogens (tertiary/aromatic N) is 3. The number of hydrogen-bond acceptors (Lipinski definition) is 5. The Balaban J connectivity index is 1.76. The zero-order chi connectivity index (χ0) is 26.1. The maximum atomic E-state index is 14.8. The van der Waals surface area contributed by atoms with Crippen LogP contribution in [0.5, 0.6) is 0 Å². The molecule has 1 N–H and O–H groups in total. The first kappa shape index (κ1) is 25.1. The van der Waals surface area contributed by atoms with Crippen LogP contribution < -0.4 is 10.2 Å². The summed E-state index contributed by atoms with van der Waals surface area (Å²) in [7, 11) is 0. The van der Waals surface area contributed by atoms with Crippen LogP contribution in [0.25, 0.3) is 33.3 Å². The van der Waals surface area contributed by atoms with Crippen molar-refractivity contribution >= 4 is 34.1 Å². The van der Waals surface area contributed by atoms with Gasteiger partial charge in [0.2, 0.25) is 0 Å². The van der Waals surface area contributed by atoms with Crippen molar-refractivity contribution in [3.63, 3.8) is 0 Å². The molecule has 1 unspecified atom stereocenters. The zero-order valence-electron chi connectivity index (χ0n) is 20.8. The molecule has 1 atom stereocenters. The van der Waals surface area contributed by atoms with Gasteiger partial charge in [0.25, 0.3) is 0 Å². The lowest BCUT2D eigenvalue weighted by atomic mass is 9.92. The van der Waals surface area contributed by atoms with Gasteiger partial charge in [0.15, 0.2) is 5.78 Å². The van der Waals surface area contributed by atoms with Gasteiger partial charge < -0.3 is 10.2 Å². The number of nitrogens with one attached hydrogen (secondary N) is 1. The molecule has 37 heavy (non-hydrogen) atoms. The number of carbonyl (C=O) groups excluding carboxylic acids is 1. The van der Waals surface area contributed by atoms with E-state index in [4.69, 9.17) is 21.6 Å². The second kappa shape index (κ2) is 10.4. The molecule has 7 heteroatoms. The molecule has 5 rings (SSSR count). The monoisotopic (exact) mass is 514 g/mol. The molecule has 5 nitrogen and oxygen atoms in total. The van der Waals surface area contributed by atoms with Crippen molar-refractivity contribution in [2.24, 2.45) is 0 Å². The normalized spacial score (nSPS) is 15.8. The van der Waals surface area contributed by atoms with E-state index in [2.05, 4.69) is 42.8 Å². The third-order valence-electron chi connectivity index (χ3n) is 6.81. The summed E-state index contributed by atoms with van der Waals surface area (Å²) in [5.41, 5.74) is 4.46. The Labute approximate surface area is 221 Å². The van der Waals surface area contributed by atoms with Gasteiger partial charge >= 0.3 is 0 Å². The Bertz CT molecular complexity index is 1500. The van der Waals surface area contributed by atoms with Gasteiger partial charge in [0.05, 0.1) is 22.3 Å². The van der Waals surface area contributed by atoms with E-state index in [1.165, 1.54) is 17.7 Å². The lowest BCUT2D eigenvalue weighted by molar-refractivity contribution is -0.116. The van der Waals surface area contributed by atoms with Gasteiger partial charge in [-0.1, -0.05) is 68.4 Å². The van der Waals surface area contributed by atoms with Gasteiger partial charge in [-0.2, -0.15) is 0 Å². The summed E-state index contributed by atoms with van der Waals surface area (Å²) in [5, 5.41) is 4.34. The van der Waals surface area contributed by atoms with Crippen LogP contribution in [0.2, 0.25) is 5.02 Å². The molecule has 1 aliphatic rings. The largest absolute Gasteiger partial charge is 0.353 e. The highest BCUT2D eigenvalue weighted by Gasteiger charge is 2.27. The number of piperazine rings is 1. The molecule has 0 bridgehead atoms. The highest BCUT2D eigenvalue weighted by atomic mass is 35.5. The summed E-state index contributed by atoms with van der Waals surface area (Å²) >= 11 is 6.75. The summed E-state index contributed by atoms with van der Waals surface area (Å²) in [5.74, 6) is 0.527. The molecule has 2 aromatic heterocycles. The molecule has 0 radical (unpaired) electrons. The molecule has 3 heterocycles. The van der Waals surface area contributed by atoms with Crippen LogP contribution in [0.1, 0.15) is 25.3 Å². The fourth-order valence-electron chi connectivity index (χ4n) is 4.93. The molecule has 1 saturated heterocycles. The number of pyridine rings is 2. The highest BCUT2D eigenvalue weighted by Crippen LogP contribution is 2.40. The number of carbonyl (C=O) groups is 1. The lowest BCUT2D eigenvalue weighted by Gasteiger charge is -2.34. The Morgan fingerprint density at radius 2 is 1.89 bits per heavy atom. The van der Waals surface area contributed by atoms with Crippen molar-refractivity contribution in [3.05, 3.63) is 89.9 Å². The van der Waals surface area contributed by atoms with E-state index < -0.39 is 0 Å². The van der Waals surface area contributed by atoms with Crippen LogP contribution in [-0.2, 0) is 4.79 Å². The van der Waals surface area contributed by atoms with Gasteiger partial charge in [0, 0.05) is 42.3 Å². The number of benzene rings is 2. The van der Waals surface area contributed by atoms with Gasteiger partial charge in [-0.15, -0.1) is 0 Å². The fraction of sp³-hybridized carbons (Fsp3) is 0.233. The predicted molar refractivity (Wildman–Crippen MR) is 149 cm³/mol. The van der Waals surface area contributed by atoms with Crippen LogP contribution in [0.3, 0.4) is 0 Å². The number of anilines is 1. The number of rotatable bonds is 6. The average molecular weight is 515 g/mol. The standard InChI is InChI=1S/C30H28ClFN4O/c1-4-27(37)26-17-36(14-13-33-26)30-22-15-24(31)29(21-11-7-8-12-25(21)32)35-28(22)23(16-34-30)20-10-6-5-9-19(20)18(2)3/h4-12,15-16,18,26,33H,1,13-14,17H2,2-3H3. The molecule has 4 aromatic rings. The minimum atomic E-state index is -0.387. The second-order valence-electron chi connectivity index (χ2n) is 9.49. The minimum Gasteiger partial charge on any atom is -0.353 e. The number of halogens is 2. The first-order valence-electron chi connectivity index (χ1n) is 12.4. The first-order chi connectivity index (χ1) is 17.9. The van der Waals surface area contributed by atoms with Crippen LogP contribution in [0.4, 0.5) is 10.2 Å². The zero-order valence-corrected chi connectivity index (χ0v) is 21.6. The molecule has 1 fully saturated rings. The van der Waals surface area contributed by atoms with E-state index in [1.54, 1.807) is 18.2 Å². The van der Waals surface area contributed by atoms with Crippen molar-refractivity contribution in [2.75, 3.05) is 24.5 Å². The molecule has 2 aromatic carbocycles. The lowest BCUT2D eigenvalue weighted by Crippen LogP contribution is -2.54. The number of hydrogen-bond donors (Lipinski definition) is 1. The molecule has 0 aliphatic carbocycles. The van der Waals surface area contributed by atoms with E-state index in [0.29, 0.717) is 47.2 Å². The molecular formula is C30H28ClFN4O. The Morgan fingerprint density at radius 1 is 1.16 bits per heavy atom. The topological polar surface area (TPSA) is 58.1 Å². The fourth-order valence-corrected chi connectivity index (χ4v) is 5.19. The Kier molecular flexibility index (Phi) is 7.04. The van der Waals surface area contributed by atoms with Gasteiger partial charge in [0.1, 0.15) is 11.6 Å². The Morgan fingerprint density at radius 3 is 2.62 bits per heavy atom.